The number of nitrogens with zero attached hydrogens (tertiary/aromatic N) is 2. The van der Waals surface area contributed by atoms with E-state index in [9.17, 15) is 9.59 Å². The lowest BCUT2D eigenvalue weighted by atomic mass is 10.1. The molecule has 1 aromatic rings. The molecule has 6 nitrogen and oxygen atoms in total. The predicted octanol–water partition coefficient (Wildman–Crippen LogP) is 1.98. The van der Waals surface area contributed by atoms with E-state index in [2.05, 4.69) is 23.4 Å². The molecular formula is C21H29N3O3. The Morgan fingerprint density at radius 1 is 1.30 bits per heavy atom. The van der Waals surface area contributed by atoms with E-state index in [4.69, 9.17) is 4.74 Å². The van der Waals surface area contributed by atoms with Crippen LogP contribution in [-0.2, 0) is 16.1 Å². The van der Waals surface area contributed by atoms with Crippen LogP contribution in [0.3, 0.4) is 0 Å². The van der Waals surface area contributed by atoms with Crippen molar-refractivity contribution in [1.29, 1.82) is 0 Å². The van der Waals surface area contributed by atoms with Crippen molar-refractivity contribution >= 4 is 11.8 Å². The average molecular weight is 371 g/mol. The quantitative estimate of drug-likeness (QED) is 0.639. The van der Waals surface area contributed by atoms with Crippen molar-refractivity contribution in [3.05, 3.63) is 55.1 Å². The van der Waals surface area contributed by atoms with Crippen LogP contribution in [0, 0.1) is 0 Å². The summed E-state index contributed by atoms with van der Waals surface area (Å²) in [5.41, 5.74) is 1.08. The van der Waals surface area contributed by atoms with Crippen LogP contribution in [-0.4, -0.2) is 60.4 Å². The van der Waals surface area contributed by atoms with E-state index >= 15 is 0 Å². The van der Waals surface area contributed by atoms with E-state index in [1.165, 1.54) is 0 Å². The summed E-state index contributed by atoms with van der Waals surface area (Å²) in [5, 5.41) is 2.87. The summed E-state index contributed by atoms with van der Waals surface area (Å²) in [6.45, 7) is 12.7. The van der Waals surface area contributed by atoms with Crippen molar-refractivity contribution in [3.63, 3.8) is 0 Å². The molecule has 0 radical (unpaired) electrons. The van der Waals surface area contributed by atoms with Gasteiger partial charge in [0, 0.05) is 32.7 Å². The molecular weight excluding hydrogens is 342 g/mol. The lowest BCUT2D eigenvalue weighted by molar-refractivity contribution is -0.138. The highest BCUT2D eigenvalue weighted by Crippen LogP contribution is 2.18. The fourth-order valence-corrected chi connectivity index (χ4v) is 3.15. The molecule has 1 aliphatic rings. The van der Waals surface area contributed by atoms with Crippen LogP contribution >= 0.6 is 0 Å². The van der Waals surface area contributed by atoms with Gasteiger partial charge in [-0.1, -0.05) is 24.3 Å². The van der Waals surface area contributed by atoms with Crippen molar-refractivity contribution in [2.45, 2.75) is 25.9 Å². The Kier molecular flexibility index (Phi) is 8.07. The minimum absolute atomic E-state index is 0.0754. The van der Waals surface area contributed by atoms with Gasteiger partial charge >= 0.3 is 0 Å². The van der Waals surface area contributed by atoms with E-state index in [1.807, 2.05) is 31.2 Å². The highest BCUT2D eigenvalue weighted by molar-refractivity contribution is 5.89. The molecule has 2 rings (SSSR count). The highest BCUT2D eigenvalue weighted by atomic mass is 16.5. The number of rotatable bonds is 10. The molecule has 1 atom stereocenters. The van der Waals surface area contributed by atoms with E-state index in [0.29, 0.717) is 39.3 Å². The number of hydrogen-bond donors (Lipinski definition) is 1. The first-order valence-electron chi connectivity index (χ1n) is 9.32. The average Bonchev–Trinajstić information content (AvgIpc) is 2.66. The Bertz CT molecular complexity index is 647. The van der Waals surface area contributed by atoms with Gasteiger partial charge in [-0.25, -0.2) is 0 Å². The third kappa shape index (κ3) is 5.96. The minimum atomic E-state index is -0.477. The zero-order valence-electron chi connectivity index (χ0n) is 16.0. The second-order valence-corrected chi connectivity index (χ2v) is 6.43. The molecule has 0 saturated carbocycles. The third-order valence-electron chi connectivity index (χ3n) is 4.48. The van der Waals surface area contributed by atoms with Crippen molar-refractivity contribution in [2.24, 2.45) is 0 Å². The predicted molar refractivity (Wildman–Crippen MR) is 106 cm³/mol. The van der Waals surface area contributed by atoms with E-state index in [-0.39, 0.29) is 18.2 Å². The summed E-state index contributed by atoms with van der Waals surface area (Å²) in [5.74, 6) is 0.653. The van der Waals surface area contributed by atoms with E-state index in [0.717, 1.165) is 11.3 Å². The minimum Gasteiger partial charge on any atom is -0.494 e. The van der Waals surface area contributed by atoms with Crippen LogP contribution in [0.1, 0.15) is 18.9 Å². The first-order valence-corrected chi connectivity index (χ1v) is 9.32. The van der Waals surface area contributed by atoms with E-state index < -0.39 is 6.04 Å². The second kappa shape index (κ2) is 10.5. The van der Waals surface area contributed by atoms with Crippen LogP contribution in [0.2, 0.25) is 0 Å². The van der Waals surface area contributed by atoms with E-state index in [1.54, 1.807) is 17.1 Å². The number of ether oxygens (including phenoxy) is 1. The topological polar surface area (TPSA) is 61.9 Å². The Labute approximate surface area is 161 Å². The van der Waals surface area contributed by atoms with Gasteiger partial charge in [0.05, 0.1) is 19.1 Å². The van der Waals surface area contributed by atoms with Crippen LogP contribution in [0.15, 0.2) is 49.6 Å². The Balaban J connectivity index is 2.07. The molecule has 0 bridgehead atoms. The monoisotopic (exact) mass is 371 g/mol. The molecule has 0 unspecified atom stereocenters. The van der Waals surface area contributed by atoms with Gasteiger partial charge < -0.3 is 15.0 Å². The van der Waals surface area contributed by atoms with Gasteiger partial charge in [-0.05, 0) is 24.6 Å². The van der Waals surface area contributed by atoms with Gasteiger partial charge in [-0.2, -0.15) is 0 Å². The zero-order chi connectivity index (χ0) is 19.6. The molecule has 1 aromatic carbocycles. The van der Waals surface area contributed by atoms with Gasteiger partial charge in [0.25, 0.3) is 0 Å². The maximum absolute atomic E-state index is 12.7. The third-order valence-corrected chi connectivity index (χ3v) is 4.48. The molecule has 0 aromatic heterocycles. The van der Waals surface area contributed by atoms with Gasteiger partial charge in [0.1, 0.15) is 5.75 Å². The first-order chi connectivity index (χ1) is 13.1. The van der Waals surface area contributed by atoms with Gasteiger partial charge in [0.15, 0.2) is 0 Å². The number of carbonyl (C=O) groups is 2. The standard InChI is InChI=1S/C21H29N3O3/c1-4-12-23(13-5-2)20(25)15-19-21(26)22-11-14-24(19)16-17-7-9-18(10-8-17)27-6-3/h4-5,7-10,19H,1-2,6,11-16H2,3H3,(H,22,26)/t19-/m0/s1. The molecule has 27 heavy (non-hydrogen) atoms. The Hall–Kier alpha value is -2.60. The largest absolute Gasteiger partial charge is 0.494 e. The molecule has 1 fully saturated rings. The van der Waals surface area contributed by atoms with Crippen LogP contribution in [0.5, 0.6) is 5.75 Å². The fourth-order valence-electron chi connectivity index (χ4n) is 3.15. The van der Waals surface area contributed by atoms with Crippen molar-refractivity contribution in [1.82, 2.24) is 15.1 Å². The highest BCUT2D eigenvalue weighted by Gasteiger charge is 2.32. The lowest BCUT2D eigenvalue weighted by Gasteiger charge is -2.35. The summed E-state index contributed by atoms with van der Waals surface area (Å²) < 4.78 is 5.47. The molecule has 146 valence electrons. The van der Waals surface area contributed by atoms with Crippen molar-refractivity contribution in [3.8, 4) is 5.75 Å². The maximum atomic E-state index is 12.7. The van der Waals surface area contributed by atoms with Crippen molar-refractivity contribution < 1.29 is 14.3 Å². The SMILES string of the molecule is C=CCN(CC=C)C(=O)C[C@H]1C(=O)NCCN1Cc1ccc(OCC)cc1. The molecule has 1 saturated heterocycles. The molecule has 0 spiro atoms. The maximum Gasteiger partial charge on any atom is 0.237 e. The van der Waals surface area contributed by atoms with Crippen LogP contribution < -0.4 is 10.1 Å². The molecule has 1 aliphatic heterocycles. The molecule has 2 amide bonds. The number of piperazine rings is 1. The summed E-state index contributed by atoms with van der Waals surface area (Å²) in [6, 6.07) is 7.38. The summed E-state index contributed by atoms with van der Waals surface area (Å²) in [4.78, 5) is 28.8. The number of amides is 2. The van der Waals surface area contributed by atoms with Gasteiger partial charge in [-0.15, -0.1) is 13.2 Å². The number of benzene rings is 1. The van der Waals surface area contributed by atoms with Gasteiger partial charge in [-0.3, -0.25) is 14.5 Å². The lowest BCUT2D eigenvalue weighted by Crippen LogP contribution is -2.56. The second-order valence-electron chi connectivity index (χ2n) is 6.43. The molecule has 0 aliphatic carbocycles. The van der Waals surface area contributed by atoms with Gasteiger partial charge in [0.2, 0.25) is 11.8 Å². The van der Waals surface area contributed by atoms with Crippen LogP contribution in [0.4, 0.5) is 0 Å². The first kappa shape index (κ1) is 20.7. The summed E-state index contributed by atoms with van der Waals surface area (Å²) in [6.07, 6.45) is 3.50. The Morgan fingerprint density at radius 2 is 1.96 bits per heavy atom. The van der Waals surface area contributed by atoms with Crippen molar-refractivity contribution in [2.75, 3.05) is 32.8 Å². The molecule has 1 N–H and O–H groups in total. The molecule has 6 heteroatoms. The number of nitrogens with one attached hydrogen (secondary N) is 1. The smallest absolute Gasteiger partial charge is 0.237 e. The Morgan fingerprint density at radius 3 is 2.56 bits per heavy atom. The fraction of sp³-hybridized carbons (Fsp3) is 0.429. The number of carbonyl (C=O) groups excluding carboxylic acids is 2. The summed E-state index contributed by atoms with van der Waals surface area (Å²) in [7, 11) is 0. The van der Waals surface area contributed by atoms with Crippen LogP contribution in [0.25, 0.3) is 0 Å². The summed E-state index contributed by atoms with van der Waals surface area (Å²) >= 11 is 0. The molecule has 1 heterocycles. The normalized spacial score (nSPS) is 17.1. The number of hydrogen-bond acceptors (Lipinski definition) is 4. The zero-order valence-corrected chi connectivity index (χ0v) is 16.0.